The number of hydrogen-bond donors (Lipinski definition) is 1. The highest BCUT2D eigenvalue weighted by Gasteiger charge is 2.20. The van der Waals surface area contributed by atoms with Crippen LogP contribution in [0.4, 0.5) is 0 Å². The number of carbonyl (C=O) groups excluding carboxylic acids is 1. The summed E-state index contributed by atoms with van der Waals surface area (Å²) in [6.45, 7) is 4.10. The molecule has 0 aliphatic carbocycles. The Kier molecular flexibility index (Phi) is 4.43. The summed E-state index contributed by atoms with van der Waals surface area (Å²) in [6.07, 6.45) is 2.71. The van der Waals surface area contributed by atoms with E-state index < -0.39 is 0 Å². The van der Waals surface area contributed by atoms with Gasteiger partial charge in [0.1, 0.15) is 5.82 Å². The molecule has 2 aromatic rings. The first kappa shape index (κ1) is 15.0. The lowest BCUT2D eigenvalue weighted by molar-refractivity contribution is -0.132. The van der Waals surface area contributed by atoms with Crippen molar-refractivity contribution in [2.45, 2.75) is 32.7 Å². The molecule has 0 bridgehead atoms. The number of ether oxygens (including phenoxy) is 1. The number of H-pyrrole nitrogens is 1. The molecular formula is C17H23N3O2. The quantitative estimate of drug-likeness (QED) is 0.944. The number of aromatic nitrogens is 2. The number of nitrogens with one attached hydrogen (secondary N) is 1. The standard InChI is InChI=1S/C17H23N3O2/c1-12-5-3-7-14-17(12)19-15(18-14)10-20(2)16(21)9-13-6-4-8-22-11-13/h3,5,7,13H,4,6,8-11H2,1-2H3,(H,18,19). The Morgan fingerprint density at radius 2 is 2.36 bits per heavy atom. The van der Waals surface area contributed by atoms with Crippen LogP contribution in [0.1, 0.15) is 30.7 Å². The molecule has 2 heterocycles. The van der Waals surface area contributed by atoms with Crippen molar-refractivity contribution in [3.8, 4) is 0 Å². The number of hydrogen-bond acceptors (Lipinski definition) is 3. The second kappa shape index (κ2) is 6.48. The molecule has 0 saturated carbocycles. The number of nitrogens with zero attached hydrogens (tertiary/aromatic N) is 2. The largest absolute Gasteiger partial charge is 0.381 e. The van der Waals surface area contributed by atoms with Gasteiger partial charge in [-0.2, -0.15) is 0 Å². The summed E-state index contributed by atoms with van der Waals surface area (Å²) in [4.78, 5) is 22.0. The second-order valence-electron chi connectivity index (χ2n) is 6.19. The third-order valence-corrected chi connectivity index (χ3v) is 4.29. The van der Waals surface area contributed by atoms with Crippen LogP contribution in [-0.4, -0.2) is 41.0 Å². The molecule has 1 unspecified atom stereocenters. The minimum Gasteiger partial charge on any atom is -0.381 e. The average molecular weight is 301 g/mol. The molecule has 1 fully saturated rings. The molecule has 0 radical (unpaired) electrons. The van der Waals surface area contributed by atoms with Gasteiger partial charge in [-0.3, -0.25) is 4.79 Å². The van der Waals surface area contributed by atoms with E-state index in [2.05, 4.69) is 9.97 Å². The van der Waals surface area contributed by atoms with Crippen LogP contribution in [0.3, 0.4) is 0 Å². The highest BCUT2D eigenvalue weighted by Crippen LogP contribution is 2.19. The minimum absolute atomic E-state index is 0.160. The first-order valence-corrected chi connectivity index (χ1v) is 7.89. The lowest BCUT2D eigenvalue weighted by Crippen LogP contribution is -2.30. The number of imidazole rings is 1. The van der Waals surface area contributed by atoms with Gasteiger partial charge >= 0.3 is 0 Å². The summed E-state index contributed by atoms with van der Waals surface area (Å²) in [5.74, 6) is 1.36. The number of carbonyl (C=O) groups is 1. The van der Waals surface area contributed by atoms with Crippen LogP contribution in [0, 0.1) is 12.8 Å². The van der Waals surface area contributed by atoms with Gasteiger partial charge in [0.2, 0.25) is 5.91 Å². The third-order valence-electron chi connectivity index (χ3n) is 4.29. The van der Waals surface area contributed by atoms with Gasteiger partial charge in [-0.05, 0) is 37.3 Å². The van der Waals surface area contributed by atoms with Crippen molar-refractivity contribution in [1.29, 1.82) is 0 Å². The van der Waals surface area contributed by atoms with Crippen molar-refractivity contribution in [2.75, 3.05) is 20.3 Å². The van der Waals surface area contributed by atoms with Gasteiger partial charge in [0, 0.05) is 26.7 Å². The molecule has 1 aromatic carbocycles. The Labute approximate surface area is 130 Å². The van der Waals surface area contributed by atoms with Crippen LogP contribution in [0.5, 0.6) is 0 Å². The Balaban J connectivity index is 1.63. The zero-order valence-electron chi connectivity index (χ0n) is 13.3. The van der Waals surface area contributed by atoms with Gasteiger partial charge in [-0.25, -0.2) is 4.98 Å². The van der Waals surface area contributed by atoms with E-state index in [4.69, 9.17) is 4.74 Å². The zero-order valence-corrected chi connectivity index (χ0v) is 13.3. The van der Waals surface area contributed by atoms with Crippen molar-refractivity contribution in [1.82, 2.24) is 14.9 Å². The predicted molar refractivity (Wildman–Crippen MR) is 85.5 cm³/mol. The minimum atomic E-state index is 0.160. The number of para-hydroxylation sites is 1. The fourth-order valence-electron chi connectivity index (χ4n) is 2.99. The fraction of sp³-hybridized carbons (Fsp3) is 0.529. The Morgan fingerprint density at radius 3 is 3.09 bits per heavy atom. The Hall–Kier alpha value is -1.88. The molecule has 1 amide bonds. The zero-order chi connectivity index (χ0) is 15.5. The molecule has 1 aliphatic heterocycles. The van der Waals surface area contributed by atoms with E-state index in [1.165, 1.54) is 0 Å². The first-order valence-electron chi connectivity index (χ1n) is 7.89. The third kappa shape index (κ3) is 3.30. The molecule has 1 atom stereocenters. The van der Waals surface area contributed by atoms with Crippen LogP contribution in [0.25, 0.3) is 11.0 Å². The van der Waals surface area contributed by atoms with Gasteiger partial charge < -0.3 is 14.6 Å². The number of fused-ring (bicyclic) bond motifs is 1. The van der Waals surface area contributed by atoms with Crippen LogP contribution in [-0.2, 0) is 16.1 Å². The van der Waals surface area contributed by atoms with Crippen LogP contribution in [0.15, 0.2) is 18.2 Å². The van der Waals surface area contributed by atoms with Gasteiger partial charge in [0.25, 0.3) is 0 Å². The molecular weight excluding hydrogens is 278 g/mol. The second-order valence-corrected chi connectivity index (χ2v) is 6.19. The van der Waals surface area contributed by atoms with Gasteiger partial charge in [-0.1, -0.05) is 12.1 Å². The Bertz CT molecular complexity index is 659. The molecule has 0 spiro atoms. The van der Waals surface area contributed by atoms with Crippen molar-refractivity contribution < 1.29 is 9.53 Å². The van der Waals surface area contributed by atoms with E-state index in [-0.39, 0.29) is 5.91 Å². The summed E-state index contributed by atoms with van der Waals surface area (Å²) in [5.41, 5.74) is 3.16. The average Bonchev–Trinajstić information content (AvgIpc) is 2.92. The van der Waals surface area contributed by atoms with Crippen molar-refractivity contribution in [3.63, 3.8) is 0 Å². The molecule has 1 N–H and O–H groups in total. The lowest BCUT2D eigenvalue weighted by Gasteiger charge is -2.24. The van der Waals surface area contributed by atoms with E-state index in [0.29, 0.717) is 25.5 Å². The van der Waals surface area contributed by atoms with Crippen molar-refractivity contribution in [3.05, 3.63) is 29.6 Å². The predicted octanol–water partition coefficient (Wildman–Crippen LogP) is 2.65. The topological polar surface area (TPSA) is 58.2 Å². The number of amides is 1. The van der Waals surface area contributed by atoms with Crippen molar-refractivity contribution >= 4 is 16.9 Å². The fourth-order valence-corrected chi connectivity index (χ4v) is 2.99. The first-order chi connectivity index (χ1) is 10.6. The lowest BCUT2D eigenvalue weighted by atomic mass is 9.98. The number of benzene rings is 1. The number of aromatic amines is 1. The normalized spacial score (nSPS) is 18.5. The molecule has 1 aliphatic rings. The van der Waals surface area contributed by atoms with E-state index in [0.717, 1.165) is 41.9 Å². The highest BCUT2D eigenvalue weighted by molar-refractivity contribution is 5.79. The molecule has 5 heteroatoms. The molecule has 22 heavy (non-hydrogen) atoms. The molecule has 5 nitrogen and oxygen atoms in total. The van der Waals surface area contributed by atoms with E-state index in [1.54, 1.807) is 4.90 Å². The summed E-state index contributed by atoms with van der Waals surface area (Å²) >= 11 is 0. The van der Waals surface area contributed by atoms with Crippen molar-refractivity contribution in [2.24, 2.45) is 5.92 Å². The molecule has 1 aromatic heterocycles. The van der Waals surface area contributed by atoms with Crippen LogP contribution in [0.2, 0.25) is 0 Å². The smallest absolute Gasteiger partial charge is 0.223 e. The maximum Gasteiger partial charge on any atom is 0.223 e. The van der Waals surface area contributed by atoms with E-state index >= 15 is 0 Å². The van der Waals surface area contributed by atoms with E-state index in [1.807, 2.05) is 32.2 Å². The number of aryl methyl sites for hydroxylation is 1. The maximum absolute atomic E-state index is 12.3. The van der Waals surface area contributed by atoms with Crippen LogP contribution >= 0.6 is 0 Å². The van der Waals surface area contributed by atoms with Gasteiger partial charge in [0.15, 0.2) is 0 Å². The summed E-state index contributed by atoms with van der Waals surface area (Å²) in [6, 6.07) is 6.07. The monoisotopic (exact) mass is 301 g/mol. The molecule has 3 rings (SSSR count). The van der Waals surface area contributed by atoms with Gasteiger partial charge in [-0.15, -0.1) is 0 Å². The maximum atomic E-state index is 12.3. The van der Waals surface area contributed by atoms with Gasteiger partial charge in [0.05, 0.1) is 17.6 Å². The summed E-state index contributed by atoms with van der Waals surface area (Å²) in [7, 11) is 1.84. The molecule has 1 saturated heterocycles. The molecule has 118 valence electrons. The Morgan fingerprint density at radius 1 is 1.50 bits per heavy atom. The van der Waals surface area contributed by atoms with Crippen LogP contribution < -0.4 is 0 Å². The summed E-state index contributed by atoms with van der Waals surface area (Å²) in [5, 5.41) is 0. The SMILES string of the molecule is Cc1cccc2[nH]c(CN(C)C(=O)CC3CCCOC3)nc12. The summed E-state index contributed by atoms with van der Waals surface area (Å²) < 4.78 is 5.44. The van der Waals surface area contributed by atoms with E-state index in [9.17, 15) is 4.79 Å². The highest BCUT2D eigenvalue weighted by atomic mass is 16.5. The number of rotatable bonds is 4.